The molecule has 0 spiro atoms. The van der Waals surface area contributed by atoms with E-state index in [9.17, 15) is 8.78 Å². The highest BCUT2D eigenvalue weighted by atomic mass is 19.2. The molecule has 0 radical (unpaired) electrons. The lowest BCUT2D eigenvalue weighted by molar-refractivity contribution is 0.307. The normalized spacial score (nSPS) is 21.2. The highest BCUT2D eigenvalue weighted by Gasteiger charge is 2.33. The molecule has 1 aromatic carbocycles. The van der Waals surface area contributed by atoms with Crippen LogP contribution in [0.3, 0.4) is 0 Å². The zero-order valence-corrected chi connectivity index (χ0v) is 14.2. The molecule has 1 aliphatic rings. The molecular weight excluding hydrogens is 310 g/mol. The molecule has 4 nitrogen and oxygen atoms in total. The van der Waals surface area contributed by atoms with Crippen molar-refractivity contribution in [3.8, 4) is 0 Å². The second-order valence-electron chi connectivity index (χ2n) is 6.28. The molecule has 0 amide bonds. The zero-order chi connectivity index (χ0) is 17.3. The van der Waals surface area contributed by atoms with Crippen LogP contribution in [-0.2, 0) is 6.42 Å². The van der Waals surface area contributed by atoms with Crippen molar-refractivity contribution < 1.29 is 8.78 Å². The maximum Gasteiger partial charge on any atom is 0.159 e. The van der Waals surface area contributed by atoms with E-state index in [0.29, 0.717) is 0 Å². The van der Waals surface area contributed by atoms with E-state index in [2.05, 4.69) is 27.1 Å². The lowest BCUT2D eigenvalue weighted by atomic mass is 10.00. The molecule has 3 rings (SSSR count). The maximum absolute atomic E-state index is 13.6. The van der Waals surface area contributed by atoms with E-state index in [1.54, 1.807) is 6.07 Å². The number of hydrogen-bond acceptors (Lipinski definition) is 4. The van der Waals surface area contributed by atoms with Gasteiger partial charge in [0.2, 0.25) is 0 Å². The smallest absolute Gasteiger partial charge is 0.159 e. The number of hydrogen-bond donors (Lipinski definition) is 1. The Balaban J connectivity index is 1.86. The summed E-state index contributed by atoms with van der Waals surface area (Å²) in [5.74, 6) is -0.111. The number of rotatable bonds is 4. The molecule has 6 heteroatoms. The first-order chi connectivity index (χ1) is 11.5. The molecular formula is C18H22F2N4. The van der Waals surface area contributed by atoms with Crippen LogP contribution in [0.25, 0.3) is 0 Å². The van der Waals surface area contributed by atoms with E-state index in [4.69, 9.17) is 0 Å². The number of likely N-dealkylation sites (tertiary alicyclic amines) is 1. The van der Waals surface area contributed by atoms with Crippen LogP contribution >= 0.6 is 0 Å². The SMILES string of the molecule is CCc1cc(NC2CCN(C)C2c2ccc(F)c(F)c2)nc(C)n1. The number of nitrogens with zero attached hydrogens (tertiary/aromatic N) is 3. The van der Waals surface area contributed by atoms with Crippen LogP contribution in [-0.4, -0.2) is 34.5 Å². The minimum Gasteiger partial charge on any atom is -0.365 e. The minimum absolute atomic E-state index is 0.0274. The summed E-state index contributed by atoms with van der Waals surface area (Å²) < 4.78 is 26.9. The van der Waals surface area contributed by atoms with Gasteiger partial charge >= 0.3 is 0 Å². The fourth-order valence-corrected chi connectivity index (χ4v) is 3.36. The summed E-state index contributed by atoms with van der Waals surface area (Å²) in [4.78, 5) is 11.0. The predicted octanol–water partition coefficient (Wildman–Crippen LogP) is 3.48. The van der Waals surface area contributed by atoms with Crippen molar-refractivity contribution in [2.45, 2.75) is 38.8 Å². The van der Waals surface area contributed by atoms with Crippen molar-refractivity contribution in [1.82, 2.24) is 14.9 Å². The molecule has 1 aromatic heterocycles. The molecule has 2 heterocycles. The summed E-state index contributed by atoms with van der Waals surface area (Å²) in [6.07, 6.45) is 1.75. The van der Waals surface area contributed by atoms with Gasteiger partial charge in [0.05, 0.1) is 6.04 Å². The Morgan fingerprint density at radius 2 is 2.00 bits per heavy atom. The van der Waals surface area contributed by atoms with Gasteiger partial charge in [0.1, 0.15) is 11.6 Å². The molecule has 0 bridgehead atoms. The van der Waals surface area contributed by atoms with E-state index in [-0.39, 0.29) is 12.1 Å². The number of nitrogens with one attached hydrogen (secondary N) is 1. The summed E-state index contributed by atoms with van der Waals surface area (Å²) in [7, 11) is 2.00. The van der Waals surface area contributed by atoms with Crippen LogP contribution in [0, 0.1) is 18.6 Å². The van der Waals surface area contributed by atoms with Crippen LogP contribution in [0.4, 0.5) is 14.6 Å². The quantitative estimate of drug-likeness (QED) is 0.931. The van der Waals surface area contributed by atoms with Crippen LogP contribution in [0.15, 0.2) is 24.3 Å². The van der Waals surface area contributed by atoms with Crippen LogP contribution < -0.4 is 5.32 Å². The number of aryl methyl sites for hydroxylation is 2. The number of benzene rings is 1. The van der Waals surface area contributed by atoms with Crippen molar-refractivity contribution in [3.05, 3.63) is 53.0 Å². The zero-order valence-electron chi connectivity index (χ0n) is 14.2. The molecule has 2 unspecified atom stereocenters. The standard InChI is InChI=1S/C18H22F2N4/c1-4-13-10-17(22-11(2)21-13)23-16-7-8-24(3)18(16)12-5-6-14(19)15(20)9-12/h5-6,9-10,16,18H,4,7-8H2,1-3H3,(H,21,22,23). The Morgan fingerprint density at radius 1 is 1.21 bits per heavy atom. The fourth-order valence-electron chi connectivity index (χ4n) is 3.36. The lowest BCUT2D eigenvalue weighted by Gasteiger charge is -2.26. The Bertz CT molecular complexity index is 735. The van der Waals surface area contributed by atoms with E-state index in [1.165, 1.54) is 12.1 Å². The molecule has 1 aliphatic heterocycles. The van der Waals surface area contributed by atoms with Crippen molar-refractivity contribution in [3.63, 3.8) is 0 Å². The van der Waals surface area contributed by atoms with E-state index in [0.717, 1.165) is 42.3 Å². The van der Waals surface area contributed by atoms with Gasteiger partial charge in [-0.3, -0.25) is 4.90 Å². The summed E-state index contributed by atoms with van der Waals surface area (Å²) in [5.41, 5.74) is 1.76. The number of likely N-dealkylation sites (N-methyl/N-ethyl adjacent to an activating group) is 1. The molecule has 1 fully saturated rings. The van der Waals surface area contributed by atoms with Gasteiger partial charge in [-0.05, 0) is 44.5 Å². The number of anilines is 1. The lowest BCUT2D eigenvalue weighted by Crippen LogP contribution is -2.29. The Kier molecular flexibility index (Phi) is 4.76. The molecule has 2 atom stereocenters. The monoisotopic (exact) mass is 332 g/mol. The highest BCUT2D eigenvalue weighted by Crippen LogP contribution is 2.33. The third-order valence-electron chi connectivity index (χ3n) is 4.52. The van der Waals surface area contributed by atoms with Crippen LogP contribution in [0.2, 0.25) is 0 Å². The van der Waals surface area contributed by atoms with Crippen molar-refractivity contribution in [1.29, 1.82) is 0 Å². The third-order valence-corrected chi connectivity index (χ3v) is 4.52. The van der Waals surface area contributed by atoms with Crippen molar-refractivity contribution >= 4 is 5.82 Å². The van der Waals surface area contributed by atoms with E-state index < -0.39 is 11.6 Å². The van der Waals surface area contributed by atoms with Crippen LogP contribution in [0.5, 0.6) is 0 Å². The first-order valence-corrected chi connectivity index (χ1v) is 8.24. The first-order valence-electron chi connectivity index (χ1n) is 8.24. The predicted molar refractivity (Wildman–Crippen MR) is 89.9 cm³/mol. The van der Waals surface area contributed by atoms with Gasteiger partial charge < -0.3 is 5.32 Å². The van der Waals surface area contributed by atoms with Gasteiger partial charge in [0.15, 0.2) is 11.6 Å². The molecule has 0 aliphatic carbocycles. The van der Waals surface area contributed by atoms with Crippen LogP contribution in [0.1, 0.15) is 36.5 Å². The average molecular weight is 332 g/mol. The molecule has 1 N–H and O–H groups in total. The second kappa shape index (κ2) is 6.81. The average Bonchev–Trinajstić information content (AvgIpc) is 2.90. The maximum atomic E-state index is 13.6. The Hall–Kier alpha value is -2.08. The Labute approximate surface area is 140 Å². The van der Waals surface area contributed by atoms with Crippen molar-refractivity contribution in [2.75, 3.05) is 18.9 Å². The van der Waals surface area contributed by atoms with E-state index >= 15 is 0 Å². The summed E-state index contributed by atoms with van der Waals surface area (Å²) >= 11 is 0. The van der Waals surface area contributed by atoms with Crippen molar-refractivity contribution in [2.24, 2.45) is 0 Å². The van der Waals surface area contributed by atoms with E-state index in [1.807, 2.05) is 20.0 Å². The summed E-state index contributed by atoms with van der Waals surface area (Å²) in [5, 5.41) is 3.46. The first kappa shape index (κ1) is 16.8. The molecule has 2 aromatic rings. The summed E-state index contributed by atoms with van der Waals surface area (Å²) in [6, 6.07) is 6.15. The highest BCUT2D eigenvalue weighted by molar-refractivity contribution is 5.39. The minimum atomic E-state index is -0.817. The molecule has 24 heavy (non-hydrogen) atoms. The fraction of sp³-hybridized carbons (Fsp3) is 0.444. The Morgan fingerprint density at radius 3 is 2.71 bits per heavy atom. The van der Waals surface area contributed by atoms with Gasteiger partial charge in [0, 0.05) is 24.3 Å². The third kappa shape index (κ3) is 3.38. The van der Waals surface area contributed by atoms with Gasteiger partial charge in [-0.15, -0.1) is 0 Å². The van der Waals surface area contributed by atoms with Gasteiger partial charge in [0.25, 0.3) is 0 Å². The molecule has 128 valence electrons. The molecule has 0 saturated carbocycles. The van der Waals surface area contributed by atoms with Gasteiger partial charge in [-0.2, -0.15) is 0 Å². The summed E-state index contributed by atoms with van der Waals surface area (Å²) in [6.45, 7) is 4.81. The second-order valence-corrected chi connectivity index (χ2v) is 6.28. The number of halogens is 2. The number of aromatic nitrogens is 2. The molecule has 1 saturated heterocycles. The largest absolute Gasteiger partial charge is 0.365 e. The van der Waals surface area contributed by atoms with Gasteiger partial charge in [-0.1, -0.05) is 13.0 Å². The topological polar surface area (TPSA) is 41.0 Å². The van der Waals surface area contributed by atoms with Gasteiger partial charge in [-0.25, -0.2) is 18.7 Å².